The van der Waals surface area contributed by atoms with Gasteiger partial charge >= 0.3 is 0 Å². The zero-order chi connectivity index (χ0) is 51.3. The number of ether oxygens (including phenoxy) is 2. The first-order valence-corrected chi connectivity index (χ1v) is 25.4. The van der Waals surface area contributed by atoms with Gasteiger partial charge in [-0.25, -0.2) is 19.9 Å². The Kier molecular flexibility index (Phi) is 22.3. The number of aryl methyl sites for hydroxylation is 2. The SMILES string of the molecule is CC(N)=NCCCOc1ccc(CCCCCC(=N)CC(=O)c2nc(Cl)c(N)nc2N)c2ccccc12.CCCCOc1ccc(CCCCCC(=N)CC(=O)c2nc(Cl)c(N)nc2N)c2c1CCCC2. The number of hydrogen-bond acceptors (Lipinski definition) is 15. The highest BCUT2D eigenvalue weighted by Gasteiger charge is 2.21. The number of rotatable bonds is 27. The van der Waals surface area contributed by atoms with Crippen LogP contribution in [0, 0.1) is 10.8 Å². The summed E-state index contributed by atoms with van der Waals surface area (Å²) < 4.78 is 12.1. The smallest absolute Gasteiger partial charge is 0.190 e. The third kappa shape index (κ3) is 17.2. The molecule has 1 aliphatic carbocycles. The average molecular weight is 1010 g/mol. The van der Waals surface area contributed by atoms with E-state index in [9.17, 15) is 9.59 Å². The third-order valence-corrected chi connectivity index (χ3v) is 12.7. The molecule has 380 valence electrons. The number of amidine groups is 1. The van der Waals surface area contributed by atoms with E-state index < -0.39 is 0 Å². The maximum atomic E-state index is 12.4. The van der Waals surface area contributed by atoms with E-state index in [1.807, 2.05) is 18.2 Å². The van der Waals surface area contributed by atoms with Gasteiger partial charge in [-0.2, -0.15) is 0 Å². The lowest BCUT2D eigenvalue weighted by molar-refractivity contribution is 0.0987. The highest BCUT2D eigenvalue weighted by molar-refractivity contribution is 6.32. The van der Waals surface area contributed by atoms with Crippen LogP contribution in [0.15, 0.2) is 53.5 Å². The van der Waals surface area contributed by atoms with E-state index in [2.05, 4.69) is 62.2 Å². The summed E-state index contributed by atoms with van der Waals surface area (Å²) in [5, 5.41) is 18.5. The minimum absolute atomic E-state index is 0.00859. The van der Waals surface area contributed by atoms with E-state index in [1.165, 1.54) is 40.5 Å². The molecule has 0 atom stereocenters. The minimum atomic E-state index is -0.382. The highest BCUT2D eigenvalue weighted by Crippen LogP contribution is 2.34. The number of carbonyl (C=O) groups is 2. The van der Waals surface area contributed by atoms with Gasteiger partial charge in [-0.3, -0.25) is 14.6 Å². The number of benzene rings is 3. The van der Waals surface area contributed by atoms with Crippen molar-refractivity contribution in [1.82, 2.24) is 19.9 Å². The number of halogens is 2. The average Bonchev–Trinajstić information content (AvgIpc) is 3.34. The Morgan fingerprint density at radius 1 is 0.620 bits per heavy atom. The first-order chi connectivity index (χ1) is 34.2. The van der Waals surface area contributed by atoms with Gasteiger partial charge < -0.3 is 49.0 Å². The first-order valence-electron chi connectivity index (χ1n) is 24.7. The summed E-state index contributed by atoms with van der Waals surface area (Å²) in [6.45, 7) is 5.99. The van der Waals surface area contributed by atoms with Crippen LogP contribution in [0.25, 0.3) is 10.8 Å². The normalized spacial score (nSPS) is 12.2. The number of fused-ring (bicyclic) bond motifs is 2. The molecule has 18 heteroatoms. The molecule has 0 amide bonds. The van der Waals surface area contributed by atoms with Gasteiger partial charge in [0.15, 0.2) is 56.5 Å². The third-order valence-electron chi connectivity index (χ3n) is 12.2. The predicted molar refractivity (Wildman–Crippen MR) is 289 cm³/mol. The van der Waals surface area contributed by atoms with Gasteiger partial charge in [0, 0.05) is 29.8 Å². The molecule has 2 aromatic heterocycles. The molecule has 2 heterocycles. The molecule has 0 radical (unpaired) electrons. The second-order valence-corrected chi connectivity index (χ2v) is 18.6. The highest BCUT2D eigenvalue weighted by atomic mass is 35.5. The Hall–Kier alpha value is -6.39. The molecule has 5 aromatic rings. The molecule has 0 saturated heterocycles. The Morgan fingerprint density at radius 3 is 1.70 bits per heavy atom. The number of hydrogen-bond donors (Lipinski definition) is 7. The largest absolute Gasteiger partial charge is 0.493 e. The number of anilines is 4. The molecule has 0 aliphatic heterocycles. The minimum Gasteiger partial charge on any atom is -0.493 e. The van der Waals surface area contributed by atoms with E-state index in [0.29, 0.717) is 43.3 Å². The van der Waals surface area contributed by atoms with Crippen LogP contribution in [0.2, 0.25) is 10.3 Å². The molecule has 0 spiro atoms. The lowest BCUT2D eigenvalue weighted by Crippen LogP contribution is -2.14. The lowest BCUT2D eigenvalue weighted by Gasteiger charge is -2.23. The van der Waals surface area contributed by atoms with Crippen LogP contribution in [-0.4, -0.2) is 68.5 Å². The molecule has 0 unspecified atom stereocenters. The fourth-order valence-corrected chi connectivity index (χ4v) is 8.72. The zero-order valence-corrected chi connectivity index (χ0v) is 42.7. The van der Waals surface area contributed by atoms with E-state index in [4.69, 9.17) is 72.2 Å². The Morgan fingerprint density at radius 2 is 1.13 bits per heavy atom. The van der Waals surface area contributed by atoms with Gasteiger partial charge in [0.25, 0.3) is 0 Å². The van der Waals surface area contributed by atoms with Crippen LogP contribution >= 0.6 is 23.2 Å². The van der Waals surface area contributed by atoms with E-state index in [-0.39, 0.29) is 69.4 Å². The second-order valence-electron chi connectivity index (χ2n) is 17.9. The van der Waals surface area contributed by atoms with Crippen molar-refractivity contribution in [3.8, 4) is 11.5 Å². The topological polar surface area (TPSA) is 294 Å². The van der Waals surface area contributed by atoms with Crippen molar-refractivity contribution >= 4 is 86.1 Å². The van der Waals surface area contributed by atoms with Gasteiger partial charge in [0.2, 0.25) is 0 Å². The van der Waals surface area contributed by atoms with Crippen molar-refractivity contribution in [3.63, 3.8) is 0 Å². The van der Waals surface area contributed by atoms with Crippen molar-refractivity contribution < 1.29 is 19.1 Å². The van der Waals surface area contributed by atoms with Crippen LogP contribution in [-0.2, 0) is 25.7 Å². The van der Waals surface area contributed by atoms with Crippen LogP contribution in [0.4, 0.5) is 23.3 Å². The fraction of sp³-hybridized carbons (Fsp3) is 0.453. The van der Waals surface area contributed by atoms with Gasteiger partial charge in [0.05, 0.1) is 31.9 Å². The standard InChI is InChI=1S/C27H34ClN7O2.C26H36ClN5O2/c1-17(29)33-14-7-15-37-23-13-12-18(20-10-5-6-11-21(20)23)8-3-2-4-9-19(30)16-22(36)24-26(31)35-27(32)25(28)34-24;1-2-3-15-34-22-14-13-17(19-11-7-8-12-20(19)22)9-5-4-6-10-18(28)16-21(33)23-25(29)32-26(30)24(27)31-23/h5-6,10-13,30H,2-4,7-9,14-16H2,1H3,(H2,29,33)(H4,31,32,35);13-14,28H,2-12,15-16H2,1H3,(H4,29,30,32). The summed E-state index contributed by atoms with van der Waals surface area (Å²) >= 11 is 11.7. The number of carbonyl (C=O) groups excluding carboxylic acids is 2. The van der Waals surface area contributed by atoms with Gasteiger partial charge in [-0.05, 0) is 130 Å². The number of aliphatic imine (C=N–C) groups is 1. The quantitative estimate of drug-likeness (QED) is 0.0112. The van der Waals surface area contributed by atoms with Crippen LogP contribution in [0.1, 0.15) is 153 Å². The van der Waals surface area contributed by atoms with Crippen LogP contribution in [0.5, 0.6) is 11.5 Å². The zero-order valence-electron chi connectivity index (χ0n) is 41.2. The summed E-state index contributed by atoms with van der Waals surface area (Å²) in [6, 6.07) is 16.8. The number of unbranched alkanes of at least 4 members (excludes halogenated alkanes) is 5. The predicted octanol–water partition coefficient (Wildman–Crippen LogP) is 10.7. The van der Waals surface area contributed by atoms with E-state index in [1.54, 1.807) is 6.92 Å². The number of Topliss-reactive ketones (excluding diaryl/α,β-unsaturated/α-hetero) is 2. The molecular weight excluding hydrogens is 940 g/mol. The maximum Gasteiger partial charge on any atom is 0.190 e. The fourth-order valence-electron chi connectivity index (χ4n) is 8.47. The van der Waals surface area contributed by atoms with Crippen molar-refractivity contribution in [2.24, 2.45) is 10.7 Å². The summed E-state index contributed by atoms with van der Waals surface area (Å²) in [6.07, 6.45) is 16.4. The molecule has 16 nitrogen and oxygen atoms in total. The summed E-state index contributed by atoms with van der Waals surface area (Å²) in [5.41, 5.74) is 34.4. The van der Waals surface area contributed by atoms with E-state index >= 15 is 0 Å². The van der Waals surface area contributed by atoms with Gasteiger partial charge in [0.1, 0.15) is 11.5 Å². The molecule has 1 aliphatic rings. The number of nitrogens with two attached hydrogens (primary N) is 5. The number of nitrogen functional groups attached to an aromatic ring is 4. The Labute approximate surface area is 427 Å². The molecule has 71 heavy (non-hydrogen) atoms. The van der Waals surface area contributed by atoms with Crippen molar-refractivity contribution in [2.75, 3.05) is 42.7 Å². The molecule has 3 aromatic carbocycles. The maximum absolute atomic E-state index is 12.4. The number of aromatic nitrogens is 4. The summed E-state index contributed by atoms with van der Waals surface area (Å²) in [5.74, 6) is 1.65. The molecular formula is C53H70Cl2N12O4. The van der Waals surface area contributed by atoms with Crippen molar-refractivity contribution in [3.05, 3.63) is 92.5 Å². The van der Waals surface area contributed by atoms with Crippen LogP contribution < -0.4 is 38.1 Å². The lowest BCUT2D eigenvalue weighted by atomic mass is 9.86. The number of ketones is 2. The summed E-state index contributed by atoms with van der Waals surface area (Å²) in [7, 11) is 0. The van der Waals surface area contributed by atoms with Crippen molar-refractivity contribution in [2.45, 2.75) is 136 Å². The first kappa shape index (κ1) is 55.5. The Balaban J connectivity index is 0.000000265. The Bertz CT molecular complexity index is 2670. The van der Waals surface area contributed by atoms with Gasteiger partial charge in [-0.1, -0.05) is 85.8 Å². The van der Waals surface area contributed by atoms with Crippen molar-refractivity contribution in [1.29, 1.82) is 10.8 Å². The van der Waals surface area contributed by atoms with E-state index in [0.717, 1.165) is 107 Å². The summed E-state index contributed by atoms with van der Waals surface area (Å²) in [4.78, 5) is 44.6. The van der Waals surface area contributed by atoms with Crippen LogP contribution in [0.3, 0.4) is 0 Å². The number of nitrogens with one attached hydrogen (secondary N) is 2. The van der Waals surface area contributed by atoms with Gasteiger partial charge in [-0.15, -0.1) is 0 Å². The second kappa shape index (κ2) is 28.5. The monoisotopic (exact) mass is 1010 g/mol. The molecule has 0 bridgehead atoms. The molecule has 12 N–H and O–H groups in total. The molecule has 0 saturated carbocycles. The number of nitrogens with zero attached hydrogens (tertiary/aromatic N) is 5. The molecule has 0 fully saturated rings. The molecule has 6 rings (SSSR count).